The first-order valence-corrected chi connectivity index (χ1v) is 7.78. The van der Waals surface area contributed by atoms with Gasteiger partial charge in [-0.1, -0.05) is 30.3 Å². The third kappa shape index (κ3) is 3.90. The summed E-state index contributed by atoms with van der Waals surface area (Å²) in [6.07, 6.45) is 4.16. The topological polar surface area (TPSA) is 63.2 Å². The zero-order valence-electron chi connectivity index (χ0n) is 13.1. The first-order chi connectivity index (χ1) is 11.7. The number of hydrogen-bond donors (Lipinski definition) is 2. The van der Waals surface area contributed by atoms with Crippen LogP contribution in [0, 0.1) is 5.82 Å². The van der Waals surface area contributed by atoms with Crippen molar-refractivity contribution in [3.8, 4) is 0 Å². The molecule has 3 rings (SSSR count). The van der Waals surface area contributed by atoms with Crippen molar-refractivity contribution in [2.24, 2.45) is 0 Å². The lowest BCUT2D eigenvalue weighted by atomic mass is 10.1. The van der Waals surface area contributed by atoms with Gasteiger partial charge >= 0.3 is 0 Å². The number of nitrogens with one attached hydrogen (secondary N) is 2. The summed E-state index contributed by atoms with van der Waals surface area (Å²) in [4.78, 5) is 16.1. The number of aryl methyl sites for hydroxylation is 1. The number of halogens is 1. The van der Waals surface area contributed by atoms with Crippen LogP contribution < -0.4 is 10.6 Å². The molecule has 124 valence electrons. The van der Waals surface area contributed by atoms with Gasteiger partial charge in [0.25, 0.3) is 5.91 Å². The van der Waals surface area contributed by atoms with E-state index in [0.29, 0.717) is 30.8 Å². The summed E-state index contributed by atoms with van der Waals surface area (Å²) in [6.45, 7) is 0.768. The van der Waals surface area contributed by atoms with Gasteiger partial charge in [0, 0.05) is 18.3 Å². The molecular formula is C18H18FN3O2. The van der Waals surface area contributed by atoms with Gasteiger partial charge in [0.1, 0.15) is 11.5 Å². The van der Waals surface area contributed by atoms with Crippen molar-refractivity contribution in [2.45, 2.75) is 12.8 Å². The van der Waals surface area contributed by atoms with Crippen LogP contribution in [0.5, 0.6) is 0 Å². The van der Waals surface area contributed by atoms with Gasteiger partial charge in [-0.15, -0.1) is 0 Å². The molecule has 0 spiro atoms. The summed E-state index contributed by atoms with van der Waals surface area (Å²) in [5.41, 5.74) is 2.11. The molecule has 1 aromatic carbocycles. The Morgan fingerprint density at radius 3 is 2.92 bits per heavy atom. The van der Waals surface area contributed by atoms with Crippen molar-refractivity contribution in [1.29, 1.82) is 0 Å². The highest BCUT2D eigenvalue weighted by atomic mass is 19.1. The van der Waals surface area contributed by atoms with Crippen LogP contribution in [0.3, 0.4) is 0 Å². The number of rotatable bonds is 6. The molecule has 5 nitrogen and oxygen atoms in total. The number of ether oxygens (including phenoxy) is 1. The Labute approximate surface area is 139 Å². The SMILES string of the molecule is O=C(NCCCc1cncc(F)c1)C1=C(c2ccccc2)OCN1. The first kappa shape index (κ1) is 16.0. The second-order valence-corrected chi connectivity index (χ2v) is 5.41. The Morgan fingerprint density at radius 1 is 1.29 bits per heavy atom. The number of amides is 1. The van der Waals surface area contributed by atoms with E-state index in [-0.39, 0.29) is 18.5 Å². The van der Waals surface area contributed by atoms with E-state index in [4.69, 9.17) is 4.74 Å². The summed E-state index contributed by atoms with van der Waals surface area (Å²) >= 11 is 0. The van der Waals surface area contributed by atoms with Crippen LogP contribution in [0.2, 0.25) is 0 Å². The van der Waals surface area contributed by atoms with Gasteiger partial charge in [0.15, 0.2) is 12.5 Å². The minimum atomic E-state index is -0.346. The molecule has 0 bridgehead atoms. The van der Waals surface area contributed by atoms with Crippen molar-refractivity contribution in [2.75, 3.05) is 13.3 Å². The molecule has 0 unspecified atom stereocenters. The van der Waals surface area contributed by atoms with E-state index < -0.39 is 0 Å². The standard InChI is InChI=1S/C18H18FN3O2/c19-15-9-13(10-20-11-15)5-4-8-21-18(23)16-17(24-12-22-16)14-6-2-1-3-7-14/h1-3,6-7,9-11,22H,4-5,8,12H2,(H,21,23). The number of carbonyl (C=O) groups excluding carboxylic acids is 1. The number of hydrogen-bond acceptors (Lipinski definition) is 4. The monoisotopic (exact) mass is 327 g/mol. The van der Waals surface area contributed by atoms with Crippen LogP contribution in [-0.4, -0.2) is 24.2 Å². The summed E-state index contributed by atoms with van der Waals surface area (Å²) in [5, 5.41) is 5.81. The Morgan fingerprint density at radius 2 is 2.12 bits per heavy atom. The highest BCUT2D eigenvalue weighted by molar-refractivity contribution is 5.99. The molecule has 2 aromatic rings. The third-order valence-corrected chi connectivity index (χ3v) is 3.64. The Bertz CT molecular complexity index is 747. The van der Waals surface area contributed by atoms with Gasteiger partial charge in [-0.3, -0.25) is 9.78 Å². The molecule has 2 heterocycles. The Kier molecular flexibility index (Phi) is 5.05. The fourth-order valence-electron chi connectivity index (χ4n) is 2.51. The van der Waals surface area contributed by atoms with Gasteiger partial charge in [0.2, 0.25) is 0 Å². The summed E-state index contributed by atoms with van der Waals surface area (Å²) in [6, 6.07) is 10.9. The van der Waals surface area contributed by atoms with Crippen LogP contribution in [0.4, 0.5) is 4.39 Å². The number of benzene rings is 1. The number of pyridine rings is 1. The molecule has 1 aromatic heterocycles. The van der Waals surface area contributed by atoms with Gasteiger partial charge in [-0.25, -0.2) is 4.39 Å². The highest BCUT2D eigenvalue weighted by Gasteiger charge is 2.22. The normalized spacial score (nSPS) is 13.4. The van der Waals surface area contributed by atoms with E-state index in [1.54, 1.807) is 6.20 Å². The van der Waals surface area contributed by atoms with Gasteiger partial charge in [-0.05, 0) is 24.5 Å². The molecule has 1 aliphatic rings. The van der Waals surface area contributed by atoms with Crippen LogP contribution in [-0.2, 0) is 16.0 Å². The van der Waals surface area contributed by atoms with E-state index in [1.807, 2.05) is 30.3 Å². The van der Waals surface area contributed by atoms with Crippen LogP contribution in [0.15, 0.2) is 54.5 Å². The lowest BCUT2D eigenvalue weighted by Crippen LogP contribution is -2.31. The van der Waals surface area contributed by atoms with Crippen LogP contribution in [0.1, 0.15) is 17.5 Å². The molecule has 1 amide bonds. The zero-order chi connectivity index (χ0) is 16.8. The Hall–Kier alpha value is -2.89. The summed E-state index contributed by atoms with van der Waals surface area (Å²) in [5.74, 6) is 0.00708. The minimum absolute atomic E-state index is 0.205. The number of nitrogens with zero attached hydrogens (tertiary/aromatic N) is 1. The maximum Gasteiger partial charge on any atom is 0.271 e. The Balaban J connectivity index is 1.55. The second-order valence-electron chi connectivity index (χ2n) is 5.41. The predicted molar refractivity (Wildman–Crippen MR) is 88.0 cm³/mol. The highest BCUT2D eigenvalue weighted by Crippen LogP contribution is 2.22. The maximum absolute atomic E-state index is 13.1. The summed E-state index contributed by atoms with van der Waals surface area (Å²) < 4.78 is 18.6. The van der Waals surface area contributed by atoms with Crippen LogP contribution in [0.25, 0.3) is 5.76 Å². The quantitative estimate of drug-likeness (QED) is 0.799. The van der Waals surface area contributed by atoms with E-state index in [1.165, 1.54) is 12.3 Å². The van der Waals surface area contributed by atoms with Crippen molar-refractivity contribution in [3.05, 3.63) is 71.4 Å². The molecule has 2 N–H and O–H groups in total. The fraction of sp³-hybridized carbons (Fsp3) is 0.222. The van der Waals surface area contributed by atoms with Crippen molar-refractivity contribution in [3.63, 3.8) is 0 Å². The molecule has 0 fully saturated rings. The van der Waals surface area contributed by atoms with E-state index in [0.717, 1.165) is 11.1 Å². The van der Waals surface area contributed by atoms with Gasteiger partial charge in [0.05, 0.1) is 6.20 Å². The number of aromatic nitrogens is 1. The molecule has 0 aliphatic carbocycles. The molecule has 0 radical (unpaired) electrons. The fourth-order valence-corrected chi connectivity index (χ4v) is 2.51. The van der Waals surface area contributed by atoms with Gasteiger partial charge in [-0.2, -0.15) is 0 Å². The largest absolute Gasteiger partial charge is 0.470 e. The summed E-state index contributed by atoms with van der Waals surface area (Å²) in [7, 11) is 0. The lowest BCUT2D eigenvalue weighted by Gasteiger charge is -2.07. The van der Waals surface area contributed by atoms with Crippen LogP contribution >= 0.6 is 0 Å². The molecule has 1 aliphatic heterocycles. The first-order valence-electron chi connectivity index (χ1n) is 7.78. The molecule has 0 saturated carbocycles. The van der Waals surface area contributed by atoms with E-state index in [9.17, 15) is 9.18 Å². The average Bonchev–Trinajstić information content (AvgIpc) is 3.09. The van der Waals surface area contributed by atoms with E-state index >= 15 is 0 Å². The van der Waals surface area contributed by atoms with Crippen molar-refractivity contribution >= 4 is 11.7 Å². The second kappa shape index (κ2) is 7.59. The minimum Gasteiger partial charge on any atom is -0.470 e. The smallest absolute Gasteiger partial charge is 0.271 e. The van der Waals surface area contributed by atoms with Gasteiger partial charge < -0.3 is 15.4 Å². The lowest BCUT2D eigenvalue weighted by molar-refractivity contribution is -0.117. The van der Waals surface area contributed by atoms with Crippen molar-refractivity contribution < 1.29 is 13.9 Å². The van der Waals surface area contributed by atoms with E-state index in [2.05, 4.69) is 15.6 Å². The molecule has 24 heavy (non-hydrogen) atoms. The predicted octanol–water partition coefficient (Wildman–Crippen LogP) is 2.22. The third-order valence-electron chi connectivity index (χ3n) is 3.64. The molecule has 6 heteroatoms. The molecular weight excluding hydrogens is 309 g/mol. The van der Waals surface area contributed by atoms with Crippen molar-refractivity contribution in [1.82, 2.24) is 15.6 Å². The maximum atomic E-state index is 13.1. The zero-order valence-corrected chi connectivity index (χ0v) is 13.1. The molecule has 0 atom stereocenters. The molecule has 0 saturated heterocycles. The average molecular weight is 327 g/mol. The number of carbonyl (C=O) groups is 1.